The highest BCUT2D eigenvalue weighted by Gasteiger charge is 2.14. The highest BCUT2D eigenvalue weighted by molar-refractivity contribution is 6.14. The van der Waals surface area contributed by atoms with Gasteiger partial charge in [0.1, 0.15) is 0 Å². The summed E-state index contributed by atoms with van der Waals surface area (Å²) in [5, 5.41) is 2.07. The van der Waals surface area contributed by atoms with Gasteiger partial charge in [0.25, 0.3) is 0 Å². The Balaban J connectivity index is 1.82. The summed E-state index contributed by atoms with van der Waals surface area (Å²) in [6.45, 7) is 0. The number of hydrogen-bond donors (Lipinski definition) is 0. The molecule has 0 N–H and O–H groups in total. The van der Waals surface area contributed by atoms with E-state index >= 15 is 0 Å². The average Bonchev–Trinajstić information content (AvgIpc) is 2.55. The maximum Gasteiger partial charge on any atom is 0.172 e. The molecule has 0 bridgehead atoms. The predicted octanol–water partition coefficient (Wildman–Crippen LogP) is 3.69. The van der Waals surface area contributed by atoms with Crippen LogP contribution < -0.4 is 0 Å². The fourth-order valence-electron chi connectivity index (χ4n) is 2.24. The van der Waals surface area contributed by atoms with Crippen LogP contribution in [0.4, 0.5) is 0 Å². The summed E-state index contributed by atoms with van der Waals surface area (Å²) in [4.78, 5) is 28.2. The fourth-order valence-corrected chi connectivity index (χ4v) is 2.24. The van der Waals surface area contributed by atoms with Crippen molar-refractivity contribution in [3.8, 4) is 0 Å². The van der Waals surface area contributed by atoms with Gasteiger partial charge in [-0.1, -0.05) is 36.4 Å². The van der Waals surface area contributed by atoms with E-state index in [0.717, 1.165) is 10.8 Å². The number of fused-ring (bicyclic) bond motifs is 1. The van der Waals surface area contributed by atoms with E-state index in [1.54, 1.807) is 24.4 Å². The molecule has 3 aromatic rings. The minimum Gasteiger partial charge on any atom is -0.294 e. The summed E-state index contributed by atoms with van der Waals surface area (Å²) >= 11 is 0. The molecule has 0 saturated heterocycles. The fraction of sp³-hybridized carbons (Fsp3) is 0.0556. The third-order valence-corrected chi connectivity index (χ3v) is 3.38. The van der Waals surface area contributed by atoms with Gasteiger partial charge in [-0.15, -0.1) is 0 Å². The van der Waals surface area contributed by atoms with Gasteiger partial charge in [-0.2, -0.15) is 0 Å². The van der Waals surface area contributed by atoms with E-state index in [4.69, 9.17) is 0 Å². The molecule has 0 spiro atoms. The second kappa shape index (κ2) is 5.67. The zero-order valence-corrected chi connectivity index (χ0v) is 11.3. The van der Waals surface area contributed by atoms with E-state index in [9.17, 15) is 9.59 Å². The summed E-state index contributed by atoms with van der Waals surface area (Å²) in [5.41, 5.74) is 1.03. The van der Waals surface area contributed by atoms with E-state index in [-0.39, 0.29) is 18.0 Å². The number of carbonyl (C=O) groups is 2. The van der Waals surface area contributed by atoms with Gasteiger partial charge in [0.2, 0.25) is 0 Å². The second-order valence-corrected chi connectivity index (χ2v) is 4.83. The van der Waals surface area contributed by atoms with Crippen LogP contribution in [0.3, 0.4) is 0 Å². The normalized spacial score (nSPS) is 10.5. The first-order valence-electron chi connectivity index (χ1n) is 6.69. The summed E-state index contributed by atoms with van der Waals surface area (Å²) in [5.74, 6) is -0.379. The molecule has 1 aromatic heterocycles. The number of rotatable bonds is 4. The van der Waals surface area contributed by atoms with Crippen LogP contribution in [0.1, 0.15) is 27.1 Å². The quantitative estimate of drug-likeness (QED) is 0.539. The molecule has 0 radical (unpaired) electrons. The molecule has 3 nitrogen and oxygen atoms in total. The number of aromatic nitrogens is 1. The Morgan fingerprint density at radius 1 is 0.810 bits per heavy atom. The summed E-state index contributed by atoms with van der Waals surface area (Å²) in [6.07, 6.45) is 2.95. The average molecular weight is 275 g/mol. The summed E-state index contributed by atoms with van der Waals surface area (Å²) < 4.78 is 0. The maximum atomic E-state index is 12.2. The number of ketones is 2. The molecule has 102 valence electrons. The van der Waals surface area contributed by atoms with Crippen molar-refractivity contribution in [2.45, 2.75) is 6.42 Å². The number of carbonyl (C=O) groups excluding carboxylic acids is 2. The van der Waals surface area contributed by atoms with Crippen LogP contribution in [0.15, 0.2) is 67.0 Å². The molecule has 0 amide bonds. The van der Waals surface area contributed by atoms with Crippen molar-refractivity contribution in [2.24, 2.45) is 0 Å². The lowest BCUT2D eigenvalue weighted by atomic mass is 10.00. The SMILES string of the molecule is O=C(CC(=O)c1ccc2ccccc2c1)c1cccnc1. The van der Waals surface area contributed by atoms with Crippen LogP contribution >= 0.6 is 0 Å². The number of benzene rings is 2. The molecule has 21 heavy (non-hydrogen) atoms. The molecule has 0 aliphatic rings. The van der Waals surface area contributed by atoms with E-state index in [2.05, 4.69) is 4.98 Å². The van der Waals surface area contributed by atoms with Crippen LogP contribution in [0, 0.1) is 0 Å². The van der Waals surface area contributed by atoms with Crippen LogP contribution in [0.25, 0.3) is 10.8 Å². The van der Waals surface area contributed by atoms with E-state index in [1.165, 1.54) is 6.20 Å². The first kappa shape index (κ1) is 13.2. The number of pyridine rings is 1. The van der Waals surface area contributed by atoms with Crippen LogP contribution in [0.2, 0.25) is 0 Å². The highest BCUT2D eigenvalue weighted by Crippen LogP contribution is 2.17. The Morgan fingerprint density at radius 2 is 1.57 bits per heavy atom. The third kappa shape index (κ3) is 2.87. The molecule has 0 unspecified atom stereocenters. The Kier molecular flexibility index (Phi) is 3.56. The molecule has 3 heteroatoms. The van der Waals surface area contributed by atoms with Crippen LogP contribution in [0.5, 0.6) is 0 Å². The van der Waals surface area contributed by atoms with Gasteiger partial charge in [0.15, 0.2) is 11.6 Å². The van der Waals surface area contributed by atoms with Crippen LogP contribution in [-0.2, 0) is 0 Å². The first-order chi connectivity index (χ1) is 10.2. The first-order valence-corrected chi connectivity index (χ1v) is 6.69. The lowest BCUT2D eigenvalue weighted by Crippen LogP contribution is -2.08. The molecule has 0 aliphatic carbocycles. The van der Waals surface area contributed by atoms with Gasteiger partial charge in [0.05, 0.1) is 6.42 Å². The molecular weight excluding hydrogens is 262 g/mol. The van der Waals surface area contributed by atoms with Gasteiger partial charge < -0.3 is 0 Å². The Morgan fingerprint density at radius 3 is 2.33 bits per heavy atom. The Hall–Kier alpha value is -2.81. The topological polar surface area (TPSA) is 47.0 Å². The van der Waals surface area contributed by atoms with Crippen molar-refractivity contribution in [3.05, 3.63) is 78.1 Å². The molecule has 0 fully saturated rings. The van der Waals surface area contributed by atoms with E-state index in [0.29, 0.717) is 11.1 Å². The summed E-state index contributed by atoms with van der Waals surface area (Å²) in [7, 11) is 0. The molecule has 0 atom stereocenters. The third-order valence-electron chi connectivity index (χ3n) is 3.38. The zero-order valence-electron chi connectivity index (χ0n) is 11.3. The lowest BCUT2D eigenvalue weighted by molar-refractivity contribution is 0.0894. The summed E-state index contributed by atoms with van der Waals surface area (Å²) in [6, 6.07) is 16.7. The van der Waals surface area contributed by atoms with Crippen molar-refractivity contribution in [3.63, 3.8) is 0 Å². The zero-order chi connectivity index (χ0) is 14.7. The molecule has 0 aliphatic heterocycles. The smallest absolute Gasteiger partial charge is 0.172 e. The van der Waals surface area contributed by atoms with Gasteiger partial charge in [0, 0.05) is 23.5 Å². The van der Waals surface area contributed by atoms with Crippen molar-refractivity contribution in [2.75, 3.05) is 0 Å². The highest BCUT2D eigenvalue weighted by atomic mass is 16.1. The maximum absolute atomic E-state index is 12.2. The van der Waals surface area contributed by atoms with Crippen molar-refractivity contribution in [1.29, 1.82) is 0 Å². The molecular formula is C18H13NO2. The largest absolute Gasteiger partial charge is 0.294 e. The monoisotopic (exact) mass is 275 g/mol. The number of nitrogens with zero attached hydrogens (tertiary/aromatic N) is 1. The molecule has 1 heterocycles. The predicted molar refractivity (Wildman–Crippen MR) is 81.5 cm³/mol. The van der Waals surface area contributed by atoms with Crippen molar-refractivity contribution >= 4 is 22.3 Å². The van der Waals surface area contributed by atoms with E-state index in [1.807, 2.05) is 36.4 Å². The Bertz CT molecular complexity index is 810. The van der Waals surface area contributed by atoms with E-state index < -0.39 is 0 Å². The Labute approximate surface area is 122 Å². The second-order valence-electron chi connectivity index (χ2n) is 4.83. The number of Topliss-reactive ketones (excluding diaryl/α,β-unsaturated/α-hetero) is 2. The molecule has 3 rings (SSSR count). The van der Waals surface area contributed by atoms with Gasteiger partial charge >= 0.3 is 0 Å². The standard InChI is InChI=1S/C18H13NO2/c20-17(11-18(21)16-6-3-9-19-12-16)15-8-7-13-4-1-2-5-14(13)10-15/h1-10,12H,11H2. The lowest BCUT2D eigenvalue weighted by Gasteiger charge is -2.03. The van der Waals surface area contributed by atoms with Crippen molar-refractivity contribution in [1.82, 2.24) is 4.98 Å². The van der Waals surface area contributed by atoms with Gasteiger partial charge in [-0.3, -0.25) is 14.6 Å². The van der Waals surface area contributed by atoms with Gasteiger partial charge in [-0.25, -0.2) is 0 Å². The number of hydrogen-bond acceptors (Lipinski definition) is 3. The van der Waals surface area contributed by atoms with Crippen molar-refractivity contribution < 1.29 is 9.59 Å². The minimum absolute atomic E-state index is 0.135. The van der Waals surface area contributed by atoms with Gasteiger partial charge in [-0.05, 0) is 29.0 Å². The van der Waals surface area contributed by atoms with Crippen LogP contribution in [-0.4, -0.2) is 16.6 Å². The minimum atomic E-state index is -0.207. The molecule has 2 aromatic carbocycles. The molecule has 0 saturated carbocycles.